The Morgan fingerprint density at radius 2 is 1.53 bits per heavy atom. The van der Waals surface area contributed by atoms with E-state index in [4.69, 9.17) is 9.40 Å². The number of pyridine rings is 1. The van der Waals surface area contributed by atoms with Gasteiger partial charge in [-0.15, -0.1) is 0 Å². The average Bonchev–Trinajstić information content (AvgIpc) is 3.17. The molecule has 0 bridgehead atoms. The Hall–Kier alpha value is -3.17. The Labute approximate surface area is 190 Å². The monoisotopic (exact) mass is 435 g/mol. The molecule has 2 aromatic heterocycles. The predicted octanol–water partition coefficient (Wildman–Crippen LogP) is 7.98. The Balaban J connectivity index is 1.85. The van der Waals surface area contributed by atoms with Gasteiger partial charge in [-0.05, 0) is 40.4 Å². The van der Waals surface area contributed by atoms with Crippen LogP contribution in [0.4, 0.5) is 0 Å². The summed E-state index contributed by atoms with van der Waals surface area (Å²) in [6.07, 6.45) is 1.91. The summed E-state index contributed by atoms with van der Waals surface area (Å²) in [5.74, 6) is 0.454. The van der Waals surface area contributed by atoms with Gasteiger partial charge in [0.05, 0.1) is 13.8 Å². The van der Waals surface area contributed by atoms with Crippen LogP contribution in [-0.4, -0.2) is 13.1 Å². The lowest BCUT2D eigenvalue weighted by molar-refractivity contribution is 0.671. The minimum Gasteiger partial charge on any atom is -0.455 e. The van der Waals surface area contributed by atoms with Crippen LogP contribution in [0.25, 0.3) is 44.3 Å². The number of nitrogens with zero attached hydrogens (tertiary/aromatic N) is 1. The maximum absolute atomic E-state index is 6.74. The maximum atomic E-state index is 6.74. The summed E-state index contributed by atoms with van der Waals surface area (Å²) in [6.45, 7) is 11.6. The third-order valence-corrected chi connectivity index (χ3v) is 8.30. The molecule has 0 aliphatic carbocycles. The molecule has 0 aliphatic rings. The molecule has 0 fully saturated rings. The molecule has 0 amide bonds. The molecule has 32 heavy (non-hydrogen) atoms. The fourth-order valence-corrected chi connectivity index (χ4v) is 6.12. The summed E-state index contributed by atoms with van der Waals surface area (Å²) in [7, 11) is -1.60. The molecule has 0 spiro atoms. The third-order valence-electron chi connectivity index (χ3n) is 6.26. The van der Waals surface area contributed by atoms with E-state index in [1.165, 1.54) is 27.3 Å². The van der Waals surface area contributed by atoms with Gasteiger partial charge in [-0.1, -0.05) is 88.1 Å². The van der Waals surface area contributed by atoms with Gasteiger partial charge in [-0.25, -0.2) is 0 Å². The first-order chi connectivity index (χ1) is 15.3. The highest BCUT2D eigenvalue weighted by molar-refractivity contribution is 6.90. The summed E-state index contributed by atoms with van der Waals surface area (Å²) in [4.78, 5) is 4.70. The summed E-state index contributed by atoms with van der Waals surface area (Å²) >= 11 is 0. The quantitative estimate of drug-likeness (QED) is 0.267. The van der Waals surface area contributed by atoms with Crippen LogP contribution in [-0.2, 0) is 0 Å². The fourth-order valence-electron chi connectivity index (χ4n) is 4.53. The molecule has 5 aromatic rings. The zero-order valence-electron chi connectivity index (χ0n) is 19.4. The van der Waals surface area contributed by atoms with Gasteiger partial charge >= 0.3 is 0 Å². The summed E-state index contributed by atoms with van der Waals surface area (Å²) in [5.41, 5.74) is 7.67. The molecule has 5 rings (SSSR count). The number of para-hydroxylation sites is 1. The highest BCUT2D eigenvalue weighted by Crippen LogP contribution is 2.39. The van der Waals surface area contributed by atoms with Crippen molar-refractivity contribution in [3.8, 4) is 22.4 Å². The third kappa shape index (κ3) is 3.47. The van der Waals surface area contributed by atoms with Gasteiger partial charge in [0.2, 0.25) is 0 Å². The van der Waals surface area contributed by atoms with Crippen LogP contribution in [0.5, 0.6) is 0 Å². The zero-order chi connectivity index (χ0) is 22.5. The number of hydrogen-bond acceptors (Lipinski definition) is 2. The standard InChI is InChI=1S/C29H29NOSi/c1-19(2)21-16-17-30-25(18-21)24-13-9-12-22-23-14-15-26(32(3,4)5)27(29(23)31-28(22)24)20-10-7-6-8-11-20/h6-19H,1-5H3. The van der Waals surface area contributed by atoms with E-state index in [0.29, 0.717) is 5.92 Å². The van der Waals surface area contributed by atoms with Crippen molar-refractivity contribution in [2.24, 2.45) is 0 Å². The second-order valence-corrected chi connectivity index (χ2v) is 14.9. The van der Waals surface area contributed by atoms with Crippen LogP contribution >= 0.6 is 0 Å². The molecular formula is C29H29NOSi. The molecule has 0 aliphatic heterocycles. The molecule has 3 aromatic carbocycles. The second kappa shape index (κ2) is 7.75. The first-order valence-electron chi connectivity index (χ1n) is 11.3. The van der Waals surface area contributed by atoms with Crippen molar-refractivity contribution in [1.82, 2.24) is 4.98 Å². The molecule has 0 saturated heterocycles. The Morgan fingerprint density at radius 3 is 2.25 bits per heavy atom. The topological polar surface area (TPSA) is 26.0 Å². The van der Waals surface area contributed by atoms with E-state index in [2.05, 4.69) is 106 Å². The Morgan fingerprint density at radius 1 is 0.781 bits per heavy atom. The molecule has 0 saturated carbocycles. The van der Waals surface area contributed by atoms with Gasteiger partial charge < -0.3 is 4.42 Å². The van der Waals surface area contributed by atoms with Crippen molar-refractivity contribution < 1.29 is 4.42 Å². The van der Waals surface area contributed by atoms with E-state index in [0.717, 1.165) is 27.8 Å². The van der Waals surface area contributed by atoms with Crippen LogP contribution in [0.15, 0.2) is 83.4 Å². The van der Waals surface area contributed by atoms with Gasteiger partial charge in [0, 0.05) is 28.1 Å². The first-order valence-corrected chi connectivity index (χ1v) is 14.8. The number of furan rings is 1. The van der Waals surface area contributed by atoms with E-state index in [1.54, 1.807) is 0 Å². The van der Waals surface area contributed by atoms with Crippen molar-refractivity contribution in [2.75, 3.05) is 0 Å². The van der Waals surface area contributed by atoms with Crippen molar-refractivity contribution in [3.05, 3.63) is 84.6 Å². The normalized spacial score (nSPS) is 12.2. The molecule has 0 unspecified atom stereocenters. The van der Waals surface area contributed by atoms with Gasteiger partial charge in [0.15, 0.2) is 0 Å². The smallest absolute Gasteiger partial charge is 0.144 e. The van der Waals surface area contributed by atoms with E-state index >= 15 is 0 Å². The van der Waals surface area contributed by atoms with Gasteiger partial charge in [-0.2, -0.15) is 0 Å². The summed E-state index contributed by atoms with van der Waals surface area (Å²) < 4.78 is 6.74. The van der Waals surface area contributed by atoms with Crippen molar-refractivity contribution >= 4 is 35.2 Å². The van der Waals surface area contributed by atoms with Crippen molar-refractivity contribution in [2.45, 2.75) is 39.4 Å². The van der Waals surface area contributed by atoms with Crippen LogP contribution in [0, 0.1) is 0 Å². The van der Waals surface area contributed by atoms with E-state index in [-0.39, 0.29) is 0 Å². The van der Waals surface area contributed by atoms with E-state index < -0.39 is 8.07 Å². The van der Waals surface area contributed by atoms with Crippen LogP contribution in [0.2, 0.25) is 19.6 Å². The van der Waals surface area contributed by atoms with E-state index in [1.807, 2.05) is 6.20 Å². The average molecular weight is 436 g/mol. The van der Waals surface area contributed by atoms with E-state index in [9.17, 15) is 0 Å². The fraction of sp³-hybridized carbons (Fsp3) is 0.207. The molecule has 0 atom stereocenters. The summed E-state index contributed by atoms with van der Waals surface area (Å²) in [5, 5.41) is 3.74. The second-order valence-electron chi connectivity index (χ2n) is 9.89. The Kier molecular flexibility index (Phi) is 5.02. The molecular weight excluding hydrogens is 406 g/mol. The van der Waals surface area contributed by atoms with Crippen LogP contribution in [0.1, 0.15) is 25.3 Å². The predicted molar refractivity (Wildman–Crippen MR) is 139 cm³/mol. The minimum absolute atomic E-state index is 0.454. The number of aromatic nitrogens is 1. The highest BCUT2D eigenvalue weighted by atomic mass is 28.3. The number of rotatable bonds is 4. The molecule has 160 valence electrons. The van der Waals surface area contributed by atoms with Gasteiger partial charge in [0.25, 0.3) is 0 Å². The highest BCUT2D eigenvalue weighted by Gasteiger charge is 2.25. The Bertz CT molecular complexity index is 1420. The number of hydrogen-bond donors (Lipinski definition) is 0. The van der Waals surface area contributed by atoms with Gasteiger partial charge in [0.1, 0.15) is 11.2 Å². The number of benzene rings is 3. The lowest BCUT2D eigenvalue weighted by Gasteiger charge is -2.21. The molecule has 3 heteroatoms. The van der Waals surface area contributed by atoms with Crippen molar-refractivity contribution in [1.29, 1.82) is 0 Å². The molecule has 0 radical (unpaired) electrons. The molecule has 0 N–H and O–H groups in total. The lowest BCUT2D eigenvalue weighted by atomic mass is 9.99. The first kappa shape index (κ1) is 20.7. The summed E-state index contributed by atoms with van der Waals surface area (Å²) in [6, 6.07) is 26.0. The molecule has 2 nitrogen and oxygen atoms in total. The molecule has 2 heterocycles. The maximum Gasteiger partial charge on any atom is 0.144 e. The minimum atomic E-state index is -1.60. The van der Waals surface area contributed by atoms with Crippen LogP contribution in [0.3, 0.4) is 0 Å². The van der Waals surface area contributed by atoms with Crippen LogP contribution < -0.4 is 5.19 Å². The largest absolute Gasteiger partial charge is 0.455 e. The number of fused-ring (bicyclic) bond motifs is 3. The lowest BCUT2D eigenvalue weighted by Crippen LogP contribution is -2.39. The van der Waals surface area contributed by atoms with Gasteiger partial charge in [-0.3, -0.25) is 4.98 Å². The van der Waals surface area contributed by atoms with Crippen molar-refractivity contribution in [3.63, 3.8) is 0 Å². The SMILES string of the molecule is CC(C)c1ccnc(-c2cccc3c2oc2c(-c4ccccc4)c([Si](C)(C)C)ccc23)c1. The zero-order valence-corrected chi connectivity index (χ0v) is 20.4.